The summed E-state index contributed by atoms with van der Waals surface area (Å²) in [6.07, 6.45) is 0. The predicted octanol–water partition coefficient (Wildman–Crippen LogP) is 4.52. The van der Waals surface area contributed by atoms with E-state index in [4.69, 9.17) is 0 Å². The summed E-state index contributed by atoms with van der Waals surface area (Å²) in [5.74, 6) is 0.608. The van der Waals surface area contributed by atoms with Gasteiger partial charge in [-0.15, -0.1) is 12.4 Å². The van der Waals surface area contributed by atoms with Gasteiger partial charge in [-0.25, -0.2) is 0 Å². The predicted molar refractivity (Wildman–Crippen MR) is 84.8 cm³/mol. The normalized spacial score (nSPS) is 10.3. The Bertz CT molecular complexity index is 462. The van der Waals surface area contributed by atoms with Crippen molar-refractivity contribution < 1.29 is 0 Å². The Morgan fingerprint density at radius 2 is 1.32 bits per heavy atom. The molecule has 1 nitrogen and oxygen atoms in total. The van der Waals surface area contributed by atoms with Gasteiger partial charge in [-0.05, 0) is 22.6 Å². The van der Waals surface area contributed by atoms with Crippen LogP contribution in [0.2, 0.25) is 0 Å². The molecule has 0 saturated carbocycles. The van der Waals surface area contributed by atoms with Crippen LogP contribution in [0.25, 0.3) is 0 Å². The molecule has 102 valence electrons. The lowest BCUT2D eigenvalue weighted by atomic mass is 10.0. The molecule has 1 N–H and O–H groups in total. The largest absolute Gasteiger partial charge is 0.309 e. The van der Waals surface area contributed by atoms with E-state index in [-0.39, 0.29) is 12.4 Å². The van der Waals surface area contributed by atoms with E-state index in [1.165, 1.54) is 16.7 Å². The number of nitrogens with one attached hydrogen (secondary N) is 1. The van der Waals surface area contributed by atoms with Gasteiger partial charge in [-0.3, -0.25) is 0 Å². The molecule has 0 bridgehead atoms. The highest BCUT2D eigenvalue weighted by molar-refractivity contribution is 5.85. The van der Waals surface area contributed by atoms with Crippen LogP contribution in [0.1, 0.15) is 36.5 Å². The lowest BCUT2D eigenvalue weighted by Crippen LogP contribution is -2.12. The summed E-state index contributed by atoms with van der Waals surface area (Å²) in [5.41, 5.74) is 4.08. The van der Waals surface area contributed by atoms with Gasteiger partial charge in [-0.1, -0.05) is 68.4 Å². The van der Waals surface area contributed by atoms with Gasteiger partial charge in [-0.2, -0.15) is 0 Å². The first-order chi connectivity index (χ1) is 8.75. The van der Waals surface area contributed by atoms with Crippen molar-refractivity contribution in [1.29, 1.82) is 0 Å². The number of hydrogen-bond acceptors (Lipinski definition) is 1. The second-order valence-corrected chi connectivity index (χ2v) is 4.99. The van der Waals surface area contributed by atoms with Crippen LogP contribution >= 0.6 is 12.4 Å². The quantitative estimate of drug-likeness (QED) is 0.846. The standard InChI is InChI=1S/C17H21N.ClH/c1-14(2)17-10-8-16(9-11-17)13-18-12-15-6-4-3-5-7-15;/h3-11,14,18H,12-13H2,1-2H3;1H. The van der Waals surface area contributed by atoms with Crippen LogP contribution in [0.15, 0.2) is 54.6 Å². The number of benzene rings is 2. The van der Waals surface area contributed by atoms with Crippen LogP contribution < -0.4 is 5.32 Å². The van der Waals surface area contributed by atoms with Crippen molar-refractivity contribution >= 4 is 12.4 Å². The van der Waals surface area contributed by atoms with Gasteiger partial charge in [0.1, 0.15) is 0 Å². The lowest BCUT2D eigenvalue weighted by molar-refractivity contribution is 0.693. The number of halogens is 1. The Hall–Kier alpha value is -1.31. The molecular weight excluding hydrogens is 254 g/mol. The van der Waals surface area contributed by atoms with Gasteiger partial charge in [0.2, 0.25) is 0 Å². The zero-order chi connectivity index (χ0) is 12.8. The highest BCUT2D eigenvalue weighted by atomic mass is 35.5. The summed E-state index contributed by atoms with van der Waals surface area (Å²) in [4.78, 5) is 0. The first-order valence-electron chi connectivity index (χ1n) is 6.59. The summed E-state index contributed by atoms with van der Waals surface area (Å²) in [6.45, 7) is 6.30. The van der Waals surface area contributed by atoms with Gasteiger partial charge >= 0.3 is 0 Å². The van der Waals surface area contributed by atoms with E-state index in [0.29, 0.717) is 5.92 Å². The lowest BCUT2D eigenvalue weighted by Gasteiger charge is -2.08. The Labute approximate surface area is 122 Å². The molecule has 2 aromatic rings. The Morgan fingerprint density at radius 3 is 1.84 bits per heavy atom. The minimum atomic E-state index is 0. The second kappa shape index (κ2) is 7.98. The molecule has 0 radical (unpaired) electrons. The molecule has 0 atom stereocenters. The Kier molecular flexibility index (Phi) is 6.61. The SMILES string of the molecule is CC(C)c1ccc(CNCc2ccccc2)cc1.Cl. The summed E-state index contributed by atoms with van der Waals surface area (Å²) in [6, 6.07) is 19.4. The van der Waals surface area contributed by atoms with Crippen molar-refractivity contribution in [2.24, 2.45) is 0 Å². The fourth-order valence-electron chi connectivity index (χ4n) is 1.97. The first-order valence-corrected chi connectivity index (χ1v) is 6.59. The minimum absolute atomic E-state index is 0. The third-order valence-corrected chi connectivity index (χ3v) is 3.15. The van der Waals surface area contributed by atoms with E-state index in [1.807, 2.05) is 6.07 Å². The van der Waals surface area contributed by atoms with Crippen molar-refractivity contribution in [1.82, 2.24) is 5.32 Å². The number of rotatable bonds is 5. The average Bonchev–Trinajstić information content (AvgIpc) is 2.40. The van der Waals surface area contributed by atoms with Gasteiger partial charge in [0.15, 0.2) is 0 Å². The van der Waals surface area contributed by atoms with Gasteiger partial charge in [0.05, 0.1) is 0 Å². The van der Waals surface area contributed by atoms with Gasteiger partial charge in [0, 0.05) is 13.1 Å². The van der Waals surface area contributed by atoms with Crippen LogP contribution in [0, 0.1) is 0 Å². The summed E-state index contributed by atoms with van der Waals surface area (Å²) >= 11 is 0. The summed E-state index contributed by atoms with van der Waals surface area (Å²) in [5, 5.41) is 3.47. The highest BCUT2D eigenvalue weighted by Gasteiger charge is 1.98. The van der Waals surface area contributed by atoms with E-state index >= 15 is 0 Å². The highest BCUT2D eigenvalue weighted by Crippen LogP contribution is 2.14. The molecule has 0 aliphatic carbocycles. The summed E-state index contributed by atoms with van der Waals surface area (Å²) in [7, 11) is 0. The number of hydrogen-bond donors (Lipinski definition) is 1. The van der Waals surface area contributed by atoms with Crippen molar-refractivity contribution in [3.05, 3.63) is 71.3 Å². The molecule has 0 amide bonds. The molecule has 19 heavy (non-hydrogen) atoms. The van der Waals surface area contributed by atoms with Crippen molar-refractivity contribution in [3.63, 3.8) is 0 Å². The van der Waals surface area contributed by atoms with E-state index < -0.39 is 0 Å². The molecular formula is C17H22ClN. The molecule has 2 aromatic carbocycles. The maximum atomic E-state index is 3.47. The maximum absolute atomic E-state index is 3.47. The molecule has 2 heteroatoms. The fraction of sp³-hybridized carbons (Fsp3) is 0.294. The zero-order valence-electron chi connectivity index (χ0n) is 11.6. The first kappa shape index (κ1) is 15.7. The second-order valence-electron chi connectivity index (χ2n) is 4.99. The van der Waals surface area contributed by atoms with Crippen LogP contribution in [0.5, 0.6) is 0 Å². The van der Waals surface area contributed by atoms with Crippen LogP contribution in [0.3, 0.4) is 0 Å². The molecule has 0 aliphatic rings. The zero-order valence-corrected chi connectivity index (χ0v) is 12.4. The molecule has 0 spiro atoms. The fourth-order valence-corrected chi connectivity index (χ4v) is 1.97. The van der Waals surface area contributed by atoms with Crippen LogP contribution in [-0.4, -0.2) is 0 Å². The molecule has 0 aliphatic heterocycles. The molecule has 0 saturated heterocycles. The van der Waals surface area contributed by atoms with Crippen molar-refractivity contribution in [2.45, 2.75) is 32.9 Å². The Morgan fingerprint density at radius 1 is 0.789 bits per heavy atom. The summed E-state index contributed by atoms with van der Waals surface area (Å²) < 4.78 is 0. The smallest absolute Gasteiger partial charge is 0.0208 e. The van der Waals surface area contributed by atoms with E-state index in [9.17, 15) is 0 Å². The van der Waals surface area contributed by atoms with Gasteiger partial charge < -0.3 is 5.32 Å². The molecule has 0 unspecified atom stereocenters. The van der Waals surface area contributed by atoms with Crippen LogP contribution in [-0.2, 0) is 13.1 Å². The monoisotopic (exact) mass is 275 g/mol. The Balaban J connectivity index is 0.00000180. The third kappa shape index (κ3) is 5.06. The van der Waals surface area contributed by atoms with Crippen molar-refractivity contribution in [3.8, 4) is 0 Å². The molecule has 0 fully saturated rings. The van der Waals surface area contributed by atoms with E-state index in [1.54, 1.807) is 0 Å². The average molecular weight is 276 g/mol. The minimum Gasteiger partial charge on any atom is -0.309 e. The molecule has 0 aromatic heterocycles. The van der Waals surface area contributed by atoms with Crippen molar-refractivity contribution in [2.75, 3.05) is 0 Å². The topological polar surface area (TPSA) is 12.0 Å². The maximum Gasteiger partial charge on any atom is 0.0208 e. The van der Waals surface area contributed by atoms with Crippen LogP contribution in [0.4, 0.5) is 0 Å². The van der Waals surface area contributed by atoms with E-state index in [2.05, 4.69) is 67.7 Å². The third-order valence-electron chi connectivity index (χ3n) is 3.15. The molecule has 2 rings (SSSR count). The molecule has 0 heterocycles. The van der Waals surface area contributed by atoms with Gasteiger partial charge in [0.25, 0.3) is 0 Å². The van der Waals surface area contributed by atoms with E-state index in [0.717, 1.165) is 13.1 Å².